The minimum Gasteiger partial charge on any atom is -0.335 e. The van der Waals surface area contributed by atoms with Crippen molar-refractivity contribution in [3.8, 4) is 11.3 Å². The van der Waals surface area contributed by atoms with Crippen LogP contribution >= 0.6 is 0 Å². The van der Waals surface area contributed by atoms with Gasteiger partial charge in [0.1, 0.15) is 5.69 Å². The Bertz CT molecular complexity index is 585. The quantitative estimate of drug-likeness (QED) is 0.899. The van der Waals surface area contributed by atoms with E-state index in [-0.39, 0.29) is 5.91 Å². The molecule has 2 aromatic rings. The summed E-state index contributed by atoms with van der Waals surface area (Å²) in [5.74, 6) is 0.0350. The van der Waals surface area contributed by atoms with E-state index in [0.717, 1.165) is 37.4 Å². The predicted octanol–water partition coefficient (Wildman–Crippen LogP) is 1.46. The molecule has 1 aliphatic rings. The molecule has 1 fully saturated rings. The molecule has 1 aromatic carbocycles. The van der Waals surface area contributed by atoms with Crippen LogP contribution in [0.5, 0.6) is 0 Å². The van der Waals surface area contributed by atoms with Crippen molar-refractivity contribution in [1.29, 1.82) is 0 Å². The number of amides is 1. The first-order valence-electron chi connectivity index (χ1n) is 6.83. The van der Waals surface area contributed by atoms with Crippen LogP contribution in [0.1, 0.15) is 10.5 Å². The van der Waals surface area contributed by atoms with Crippen molar-refractivity contribution in [1.82, 2.24) is 20.0 Å². The van der Waals surface area contributed by atoms with E-state index in [2.05, 4.69) is 22.1 Å². The van der Waals surface area contributed by atoms with Crippen molar-refractivity contribution in [2.45, 2.75) is 0 Å². The summed E-state index contributed by atoms with van der Waals surface area (Å²) in [6.07, 6.45) is 0. The number of nitrogens with zero attached hydrogens (tertiary/aromatic N) is 3. The minimum atomic E-state index is 0.0350. The predicted molar refractivity (Wildman–Crippen MR) is 77.4 cm³/mol. The molecule has 5 heteroatoms. The number of piperazine rings is 1. The van der Waals surface area contributed by atoms with Gasteiger partial charge in [-0.1, -0.05) is 30.3 Å². The third-order valence-electron chi connectivity index (χ3n) is 3.67. The fourth-order valence-electron chi connectivity index (χ4n) is 2.37. The molecule has 1 N–H and O–H groups in total. The Morgan fingerprint density at radius 1 is 1.15 bits per heavy atom. The lowest BCUT2D eigenvalue weighted by Gasteiger charge is -2.31. The second kappa shape index (κ2) is 5.46. The molecular formula is C15H18N4O. The molecule has 1 aliphatic heterocycles. The number of H-pyrrole nitrogens is 1. The van der Waals surface area contributed by atoms with Gasteiger partial charge in [0.25, 0.3) is 5.91 Å². The number of likely N-dealkylation sites (N-methyl/N-ethyl adjacent to an activating group) is 1. The Labute approximate surface area is 118 Å². The van der Waals surface area contributed by atoms with E-state index < -0.39 is 0 Å². The minimum absolute atomic E-state index is 0.0350. The molecule has 0 spiro atoms. The van der Waals surface area contributed by atoms with Gasteiger partial charge in [-0.2, -0.15) is 5.10 Å². The van der Waals surface area contributed by atoms with Crippen LogP contribution in [0, 0.1) is 0 Å². The molecule has 2 heterocycles. The van der Waals surface area contributed by atoms with Gasteiger partial charge in [-0.3, -0.25) is 9.89 Å². The van der Waals surface area contributed by atoms with E-state index in [9.17, 15) is 4.79 Å². The summed E-state index contributed by atoms with van der Waals surface area (Å²) in [7, 11) is 2.07. The Morgan fingerprint density at radius 3 is 2.55 bits per heavy atom. The maximum absolute atomic E-state index is 12.4. The third-order valence-corrected chi connectivity index (χ3v) is 3.67. The zero-order chi connectivity index (χ0) is 13.9. The summed E-state index contributed by atoms with van der Waals surface area (Å²) < 4.78 is 0. The van der Waals surface area contributed by atoms with Crippen LogP contribution in [0.15, 0.2) is 36.4 Å². The number of nitrogens with one attached hydrogen (secondary N) is 1. The Hall–Kier alpha value is -2.14. The van der Waals surface area contributed by atoms with Gasteiger partial charge in [0.2, 0.25) is 0 Å². The van der Waals surface area contributed by atoms with Gasteiger partial charge in [0.05, 0.1) is 5.69 Å². The molecule has 0 aliphatic carbocycles. The molecule has 0 radical (unpaired) electrons. The fourth-order valence-corrected chi connectivity index (χ4v) is 2.37. The van der Waals surface area contributed by atoms with Gasteiger partial charge in [-0.05, 0) is 13.1 Å². The summed E-state index contributed by atoms with van der Waals surface area (Å²) in [4.78, 5) is 16.5. The van der Waals surface area contributed by atoms with Crippen molar-refractivity contribution >= 4 is 5.91 Å². The van der Waals surface area contributed by atoms with Crippen molar-refractivity contribution in [2.75, 3.05) is 33.2 Å². The molecule has 0 saturated carbocycles. The Kier molecular flexibility index (Phi) is 3.52. The molecular weight excluding hydrogens is 252 g/mol. The normalized spacial score (nSPS) is 16.4. The van der Waals surface area contributed by atoms with Crippen LogP contribution in [-0.2, 0) is 0 Å². The summed E-state index contributed by atoms with van der Waals surface area (Å²) in [5, 5.41) is 7.09. The van der Waals surface area contributed by atoms with Gasteiger partial charge >= 0.3 is 0 Å². The number of hydrogen-bond donors (Lipinski definition) is 1. The first-order chi connectivity index (χ1) is 9.74. The highest BCUT2D eigenvalue weighted by Crippen LogP contribution is 2.18. The summed E-state index contributed by atoms with van der Waals surface area (Å²) in [6.45, 7) is 3.39. The lowest BCUT2D eigenvalue weighted by molar-refractivity contribution is 0.0658. The number of carbonyl (C=O) groups excluding carboxylic acids is 1. The number of carbonyl (C=O) groups is 1. The monoisotopic (exact) mass is 270 g/mol. The number of aromatic amines is 1. The number of rotatable bonds is 2. The van der Waals surface area contributed by atoms with Gasteiger partial charge in [0.15, 0.2) is 0 Å². The first kappa shape index (κ1) is 12.9. The first-order valence-corrected chi connectivity index (χ1v) is 6.83. The average Bonchev–Trinajstić information content (AvgIpc) is 2.98. The number of benzene rings is 1. The zero-order valence-corrected chi connectivity index (χ0v) is 11.5. The molecule has 1 amide bonds. The third kappa shape index (κ3) is 2.58. The van der Waals surface area contributed by atoms with Crippen LogP contribution in [0.3, 0.4) is 0 Å². The lowest BCUT2D eigenvalue weighted by atomic mass is 10.1. The fraction of sp³-hybridized carbons (Fsp3) is 0.333. The van der Waals surface area contributed by atoms with Crippen molar-refractivity contribution in [2.24, 2.45) is 0 Å². The van der Waals surface area contributed by atoms with Crippen LogP contribution < -0.4 is 0 Å². The molecule has 1 aromatic heterocycles. The van der Waals surface area contributed by atoms with Crippen molar-refractivity contribution < 1.29 is 4.79 Å². The molecule has 0 bridgehead atoms. The summed E-state index contributed by atoms with van der Waals surface area (Å²) in [5.41, 5.74) is 2.39. The molecule has 104 valence electrons. The molecule has 20 heavy (non-hydrogen) atoms. The lowest BCUT2D eigenvalue weighted by Crippen LogP contribution is -2.47. The topological polar surface area (TPSA) is 52.2 Å². The van der Waals surface area contributed by atoms with E-state index in [1.807, 2.05) is 41.3 Å². The van der Waals surface area contributed by atoms with E-state index in [1.54, 1.807) is 0 Å². The number of aromatic nitrogens is 2. The molecule has 5 nitrogen and oxygen atoms in total. The van der Waals surface area contributed by atoms with Crippen LogP contribution in [0.25, 0.3) is 11.3 Å². The van der Waals surface area contributed by atoms with E-state index >= 15 is 0 Å². The van der Waals surface area contributed by atoms with Crippen LogP contribution in [-0.4, -0.2) is 59.1 Å². The highest BCUT2D eigenvalue weighted by atomic mass is 16.2. The molecule has 0 atom stereocenters. The van der Waals surface area contributed by atoms with Crippen molar-refractivity contribution in [3.05, 3.63) is 42.1 Å². The van der Waals surface area contributed by atoms with Crippen LogP contribution in [0.2, 0.25) is 0 Å². The molecule has 3 rings (SSSR count). The Balaban J connectivity index is 1.75. The zero-order valence-electron chi connectivity index (χ0n) is 11.5. The van der Waals surface area contributed by atoms with Gasteiger partial charge in [-0.15, -0.1) is 0 Å². The van der Waals surface area contributed by atoms with E-state index in [0.29, 0.717) is 5.69 Å². The van der Waals surface area contributed by atoms with E-state index in [4.69, 9.17) is 0 Å². The highest BCUT2D eigenvalue weighted by Gasteiger charge is 2.22. The van der Waals surface area contributed by atoms with Gasteiger partial charge in [0, 0.05) is 31.7 Å². The summed E-state index contributed by atoms with van der Waals surface area (Å²) >= 11 is 0. The maximum Gasteiger partial charge on any atom is 0.271 e. The smallest absolute Gasteiger partial charge is 0.271 e. The standard InChI is InChI=1S/C15H18N4O/c1-18-7-9-19(10-8-18)15(20)14-11-13(16-17-14)12-5-3-2-4-6-12/h2-6,11H,7-10H2,1H3,(H,16,17). The number of hydrogen-bond acceptors (Lipinski definition) is 3. The maximum atomic E-state index is 12.4. The average molecular weight is 270 g/mol. The summed E-state index contributed by atoms with van der Waals surface area (Å²) in [6, 6.07) is 11.7. The second-order valence-electron chi connectivity index (χ2n) is 5.13. The largest absolute Gasteiger partial charge is 0.335 e. The van der Waals surface area contributed by atoms with Gasteiger partial charge in [-0.25, -0.2) is 0 Å². The molecule has 0 unspecified atom stereocenters. The second-order valence-corrected chi connectivity index (χ2v) is 5.13. The highest BCUT2D eigenvalue weighted by molar-refractivity contribution is 5.93. The van der Waals surface area contributed by atoms with Crippen molar-refractivity contribution in [3.63, 3.8) is 0 Å². The van der Waals surface area contributed by atoms with Gasteiger partial charge < -0.3 is 9.80 Å². The van der Waals surface area contributed by atoms with E-state index in [1.165, 1.54) is 0 Å². The SMILES string of the molecule is CN1CCN(C(=O)c2cc(-c3ccccc3)n[nH]2)CC1. The molecule has 1 saturated heterocycles. The van der Waals surface area contributed by atoms with Crippen LogP contribution in [0.4, 0.5) is 0 Å². The Morgan fingerprint density at radius 2 is 1.85 bits per heavy atom.